The van der Waals surface area contributed by atoms with E-state index in [0.29, 0.717) is 12.1 Å². The highest BCUT2D eigenvalue weighted by molar-refractivity contribution is 5.57. The number of aromatic amines is 1. The molecule has 0 fully saturated rings. The molecule has 0 bridgehead atoms. The van der Waals surface area contributed by atoms with Gasteiger partial charge >= 0.3 is 0 Å². The van der Waals surface area contributed by atoms with Crippen LogP contribution >= 0.6 is 0 Å². The summed E-state index contributed by atoms with van der Waals surface area (Å²) in [5.74, 6) is 0.733. The first-order chi connectivity index (χ1) is 8.74. The number of nitrogens with two attached hydrogens (primary N) is 1. The van der Waals surface area contributed by atoms with Crippen LogP contribution in [-0.4, -0.2) is 21.5 Å². The lowest BCUT2D eigenvalue weighted by Crippen LogP contribution is -2.13. The van der Waals surface area contributed by atoms with Crippen LogP contribution in [0.25, 0.3) is 11.3 Å². The van der Waals surface area contributed by atoms with Crippen molar-refractivity contribution in [3.63, 3.8) is 0 Å². The van der Waals surface area contributed by atoms with Crippen molar-refractivity contribution in [2.45, 2.75) is 25.7 Å². The first-order valence-electron chi connectivity index (χ1n) is 6.10. The molecule has 18 heavy (non-hydrogen) atoms. The molecule has 4 nitrogen and oxygen atoms in total. The van der Waals surface area contributed by atoms with Gasteiger partial charge in [0.2, 0.25) is 0 Å². The van der Waals surface area contributed by atoms with Crippen LogP contribution in [0.3, 0.4) is 0 Å². The number of aromatic nitrogens is 3. The van der Waals surface area contributed by atoms with Crippen molar-refractivity contribution >= 4 is 0 Å². The summed E-state index contributed by atoms with van der Waals surface area (Å²) in [6.45, 7) is 2.67. The number of rotatable bonds is 5. The summed E-state index contributed by atoms with van der Waals surface area (Å²) in [5.41, 5.74) is 7.20. The fraction of sp³-hybridized carbons (Fsp3) is 0.385. The van der Waals surface area contributed by atoms with Crippen LogP contribution in [0.15, 0.2) is 24.7 Å². The van der Waals surface area contributed by atoms with Crippen LogP contribution in [0.4, 0.5) is 4.39 Å². The lowest BCUT2D eigenvalue weighted by molar-refractivity contribution is 0.595. The molecule has 0 radical (unpaired) electrons. The van der Waals surface area contributed by atoms with Gasteiger partial charge in [-0.05, 0) is 12.5 Å². The van der Waals surface area contributed by atoms with Crippen molar-refractivity contribution in [1.82, 2.24) is 15.0 Å². The van der Waals surface area contributed by atoms with Gasteiger partial charge in [-0.25, -0.2) is 9.37 Å². The Morgan fingerprint density at radius 1 is 1.39 bits per heavy atom. The fourth-order valence-corrected chi connectivity index (χ4v) is 1.96. The largest absolute Gasteiger partial charge is 0.342 e. The van der Waals surface area contributed by atoms with Crippen LogP contribution in [0, 0.1) is 5.82 Å². The minimum Gasteiger partial charge on any atom is -0.342 e. The van der Waals surface area contributed by atoms with Crippen molar-refractivity contribution < 1.29 is 4.39 Å². The zero-order valence-electron chi connectivity index (χ0n) is 10.4. The number of hydrogen-bond acceptors (Lipinski definition) is 3. The van der Waals surface area contributed by atoms with Gasteiger partial charge in [-0.2, -0.15) is 0 Å². The van der Waals surface area contributed by atoms with Crippen molar-refractivity contribution in [2.75, 3.05) is 6.54 Å². The predicted octanol–water partition coefficient (Wildman–Crippen LogP) is 2.45. The van der Waals surface area contributed by atoms with E-state index in [-0.39, 0.29) is 11.7 Å². The Morgan fingerprint density at radius 3 is 2.89 bits per heavy atom. The topological polar surface area (TPSA) is 67.6 Å². The molecular weight excluding hydrogens is 231 g/mol. The number of nitrogens with zero attached hydrogens (tertiary/aromatic N) is 2. The molecule has 3 N–H and O–H groups in total. The van der Waals surface area contributed by atoms with E-state index in [1.54, 1.807) is 12.4 Å². The molecule has 0 aromatic carbocycles. The highest BCUT2D eigenvalue weighted by Gasteiger charge is 2.13. The molecule has 2 heterocycles. The van der Waals surface area contributed by atoms with Gasteiger partial charge in [-0.1, -0.05) is 13.3 Å². The highest BCUT2D eigenvalue weighted by Crippen LogP contribution is 2.22. The van der Waals surface area contributed by atoms with Crippen LogP contribution in [-0.2, 0) is 0 Å². The van der Waals surface area contributed by atoms with E-state index in [4.69, 9.17) is 5.73 Å². The highest BCUT2D eigenvalue weighted by atomic mass is 19.1. The van der Waals surface area contributed by atoms with Gasteiger partial charge in [0.25, 0.3) is 0 Å². The Kier molecular flexibility index (Phi) is 4.04. The molecule has 96 valence electrons. The van der Waals surface area contributed by atoms with E-state index in [2.05, 4.69) is 21.9 Å². The molecular formula is C13H17FN4. The maximum absolute atomic E-state index is 13.1. The summed E-state index contributed by atoms with van der Waals surface area (Å²) in [7, 11) is 0. The van der Waals surface area contributed by atoms with Gasteiger partial charge in [0.1, 0.15) is 11.6 Å². The Hall–Kier alpha value is -1.75. The number of nitrogens with one attached hydrogen (secondary N) is 1. The van der Waals surface area contributed by atoms with E-state index in [0.717, 1.165) is 24.4 Å². The second-order valence-electron chi connectivity index (χ2n) is 4.30. The molecule has 0 amide bonds. The molecule has 1 unspecified atom stereocenters. The molecule has 0 aliphatic rings. The third kappa shape index (κ3) is 2.73. The van der Waals surface area contributed by atoms with E-state index >= 15 is 0 Å². The van der Waals surface area contributed by atoms with Gasteiger partial charge in [-0.15, -0.1) is 0 Å². The summed E-state index contributed by atoms with van der Waals surface area (Å²) < 4.78 is 13.1. The smallest absolute Gasteiger partial charge is 0.142 e. The molecule has 0 aliphatic heterocycles. The predicted molar refractivity (Wildman–Crippen MR) is 68.5 cm³/mol. The first kappa shape index (κ1) is 12.7. The minimum absolute atomic E-state index is 0.227. The third-order valence-corrected chi connectivity index (χ3v) is 2.92. The number of halogens is 1. The molecule has 2 aromatic heterocycles. The van der Waals surface area contributed by atoms with Crippen LogP contribution in [0.1, 0.15) is 31.5 Å². The summed E-state index contributed by atoms with van der Waals surface area (Å²) in [5, 5.41) is 0. The number of imidazole rings is 1. The molecule has 0 saturated heterocycles. The van der Waals surface area contributed by atoms with Crippen LogP contribution in [0.5, 0.6) is 0 Å². The Bertz CT molecular complexity index is 509. The van der Waals surface area contributed by atoms with Crippen molar-refractivity contribution in [3.05, 3.63) is 36.3 Å². The van der Waals surface area contributed by atoms with E-state index in [9.17, 15) is 4.39 Å². The van der Waals surface area contributed by atoms with Crippen LogP contribution in [0.2, 0.25) is 0 Å². The quantitative estimate of drug-likeness (QED) is 0.854. The van der Waals surface area contributed by atoms with Crippen LogP contribution < -0.4 is 5.73 Å². The Balaban J connectivity index is 2.24. The van der Waals surface area contributed by atoms with Crippen molar-refractivity contribution in [1.29, 1.82) is 0 Å². The third-order valence-electron chi connectivity index (χ3n) is 2.92. The Labute approximate surface area is 105 Å². The molecule has 0 saturated carbocycles. The maximum atomic E-state index is 13.1. The van der Waals surface area contributed by atoms with Gasteiger partial charge < -0.3 is 10.7 Å². The van der Waals surface area contributed by atoms with Gasteiger partial charge in [0.15, 0.2) is 0 Å². The van der Waals surface area contributed by atoms with Gasteiger partial charge in [0, 0.05) is 24.2 Å². The maximum Gasteiger partial charge on any atom is 0.142 e. The first-order valence-corrected chi connectivity index (χ1v) is 6.10. The van der Waals surface area contributed by atoms with E-state index in [1.165, 1.54) is 12.3 Å². The summed E-state index contributed by atoms with van der Waals surface area (Å²) in [6, 6.07) is 1.43. The zero-order valence-corrected chi connectivity index (χ0v) is 10.4. The summed E-state index contributed by atoms with van der Waals surface area (Å²) in [6.07, 6.45) is 6.53. The SMILES string of the molecule is CCCC(CN)c1ncc(-c2cncc(F)c2)[nH]1. The second kappa shape index (κ2) is 5.73. The van der Waals surface area contributed by atoms with Gasteiger partial charge in [0.05, 0.1) is 18.1 Å². The number of pyridine rings is 1. The average Bonchev–Trinajstić information content (AvgIpc) is 2.85. The lowest BCUT2D eigenvalue weighted by Gasteiger charge is -2.09. The molecule has 0 aliphatic carbocycles. The molecule has 5 heteroatoms. The Morgan fingerprint density at radius 2 is 2.22 bits per heavy atom. The lowest BCUT2D eigenvalue weighted by atomic mass is 10.0. The number of H-pyrrole nitrogens is 1. The number of hydrogen-bond donors (Lipinski definition) is 2. The fourth-order valence-electron chi connectivity index (χ4n) is 1.96. The second-order valence-corrected chi connectivity index (χ2v) is 4.30. The summed E-state index contributed by atoms with van der Waals surface area (Å²) >= 11 is 0. The molecule has 2 aromatic rings. The normalized spacial score (nSPS) is 12.6. The average molecular weight is 248 g/mol. The standard InChI is InChI=1S/C13H17FN4/c1-2-3-9(5-15)13-17-8-12(18-13)10-4-11(14)7-16-6-10/h4,6-9H,2-3,5,15H2,1H3,(H,17,18). The minimum atomic E-state index is -0.354. The monoisotopic (exact) mass is 248 g/mol. The van der Waals surface area contributed by atoms with Crippen molar-refractivity contribution in [3.8, 4) is 11.3 Å². The summed E-state index contributed by atoms with van der Waals surface area (Å²) in [4.78, 5) is 11.3. The molecule has 1 atom stereocenters. The van der Waals surface area contributed by atoms with E-state index in [1.807, 2.05) is 0 Å². The van der Waals surface area contributed by atoms with Gasteiger partial charge in [-0.3, -0.25) is 4.98 Å². The molecule has 0 spiro atoms. The molecule has 2 rings (SSSR count). The zero-order chi connectivity index (χ0) is 13.0. The van der Waals surface area contributed by atoms with E-state index < -0.39 is 0 Å². The van der Waals surface area contributed by atoms with Crippen molar-refractivity contribution in [2.24, 2.45) is 5.73 Å².